The topological polar surface area (TPSA) is 69.4 Å². The maximum absolute atomic E-state index is 11.0. The van der Waals surface area contributed by atoms with E-state index in [0.717, 1.165) is 23.3 Å². The molecule has 0 fully saturated rings. The van der Waals surface area contributed by atoms with Gasteiger partial charge in [-0.3, -0.25) is 0 Å². The van der Waals surface area contributed by atoms with Crippen LogP contribution in [0, 0.1) is 0 Å². The average Bonchev–Trinajstić information content (AvgIpc) is 2.31. The number of amides is 1. The van der Waals surface area contributed by atoms with Gasteiger partial charge in [0.15, 0.2) is 0 Å². The van der Waals surface area contributed by atoms with Gasteiger partial charge >= 0.3 is 0 Å². The molecule has 4 nitrogen and oxygen atoms in total. The number of hydrogen-bond acceptors (Lipinski definition) is 3. The first kappa shape index (κ1) is 13.4. The molecule has 0 aliphatic carbocycles. The molecular weight excluding hydrogens is 216 g/mol. The molecule has 0 atom stereocenters. The second-order valence-electron chi connectivity index (χ2n) is 3.90. The second-order valence-corrected chi connectivity index (χ2v) is 3.90. The Morgan fingerprint density at radius 1 is 1.24 bits per heavy atom. The lowest BCUT2D eigenvalue weighted by molar-refractivity contribution is -0.246. The van der Waals surface area contributed by atoms with Crippen LogP contribution in [0.2, 0.25) is 0 Å². The molecule has 0 spiro atoms. The normalized spacial score (nSPS) is 10.3. The standard InChI is InChI=1S/C13H20N2O2/c1-4-9-7-11(14)12(8-10(9)5-2)15(6-3)13(16)17/h7-8H,4-6,14H2,1-3H3,(H,16,17)/p-1. The van der Waals surface area contributed by atoms with Gasteiger partial charge in [-0.15, -0.1) is 0 Å². The molecule has 1 aromatic carbocycles. The first-order valence-electron chi connectivity index (χ1n) is 5.94. The summed E-state index contributed by atoms with van der Waals surface area (Å²) in [6.07, 6.45) is 0.539. The first-order chi connectivity index (χ1) is 8.04. The van der Waals surface area contributed by atoms with E-state index in [2.05, 4.69) is 6.92 Å². The Morgan fingerprint density at radius 2 is 1.76 bits per heavy atom. The molecule has 0 aliphatic heterocycles. The zero-order chi connectivity index (χ0) is 13.0. The molecule has 0 saturated carbocycles. The van der Waals surface area contributed by atoms with Crippen molar-refractivity contribution >= 4 is 17.5 Å². The molecule has 17 heavy (non-hydrogen) atoms. The van der Waals surface area contributed by atoms with E-state index < -0.39 is 6.09 Å². The van der Waals surface area contributed by atoms with E-state index in [1.807, 2.05) is 19.1 Å². The van der Waals surface area contributed by atoms with Crippen LogP contribution < -0.4 is 15.7 Å². The quantitative estimate of drug-likeness (QED) is 0.805. The molecule has 1 rings (SSSR count). The van der Waals surface area contributed by atoms with Gasteiger partial charge < -0.3 is 20.5 Å². The summed E-state index contributed by atoms with van der Waals surface area (Å²) < 4.78 is 0. The Bertz CT molecular complexity index is 416. The Hall–Kier alpha value is -1.71. The summed E-state index contributed by atoms with van der Waals surface area (Å²) in [5.41, 5.74) is 9.23. The first-order valence-corrected chi connectivity index (χ1v) is 5.94. The molecule has 1 amide bonds. The Kier molecular flexibility index (Phi) is 4.37. The van der Waals surface area contributed by atoms with Crippen molar-refractivity contribution < 1.29 is 9.90 Å². The number of benzene rings is 1. The number of nitrogen functional groups attached to an aromatic ring is 1. The molecule has 4 heteroatoms. The van der Waals surface area contributed by atoms with E-state index in [0.29, 0.717) is 17.9 Å². The summed E-state index contributed by atoms with van der Waals surface area (Å²) in [4.78, 5) is 12.2. The largest absolute Gasteiger partial charge is 0.530 e. The number of carbonyl (C=O) groups is 1. The zero-order valence-electron chi connectivity index (χ0n) is 10.6. The Morgan fingerprint density at radius 3 is 2.18 bits per heavy atom. The van der Waals surface area contributed by atoms with Crippen LogP contribution in [0.4, 0.5) is 16.2 Å². The maximum Gasteiger partial charge on any atom is 0.141 e. The molecule has 1 aromatic rings. The molecule has 0 aliphatic rings. The highest BCUT2D eigenvalue weighted by atomic mass is 16.4. The predicted molar refractivity (Wildman–Crippen MR) is 68.0 cm³/mol. The van der Waals surface area contributed by atoms with Gasteiger partial charge in [0.25, 0.3) is 0 Å². The molecule has 0 unspecified atom stereocenters. The van der Waals surface area contributed by atoms with Gasteiger partial charge in [-0.2, -0.15) is 0 Å². The molecule has 0 bridgehead atoms. The van der Waals surface area contributed by atoms with E-state index in [-0.39, 0.29) is 0 Å². The molecule has 0 heterocycles. The van der Waals surface area contributed by atoms with Gasteiger partial charge in [0, 0.05) is 6.54 Å². The van der Waals surface area contributed by atoms with E-state index >= 15 is 0 Å². The van der Waals surface area contributed by atoms with E-state index in [1.54, 1.807) is 6.92 Å². The number of nitrogens with two attached hydrogens (primary N) is 1. The van der Waals surface area contributed by atoms with Crippen LogP contribution in [0.3, 0.4) is 0 Å². The van der Waals surface area contributed by atoms with Crippen LogP contribution in [0.15, 0.2) is 12.1 Å². The van der Waals surface area contributed by atoms with Crippen LogP contribution in [-0.4, -0.2) is 12.6 Å². The number of anilines is 2. The third-order valence-corrected chi connectivity index (χ3v) is 2.94. The van der Waals surface area contributed by atoms with Gasteiger partial charge in [-0.1, -0.05) is 13.8 Å². The monoisotopic (exact) mass is 235 g/mol. The summed E-state index contributed by atoms with van der Waals surface area (Å²) in [6, 6.07) is 3.72. The molecular formula is C13H19N2O2-. The molecule has 0 saturated heterocycles. The third kappa shape index (κ3) is 2.70. The highest BCUT2D eigenvalue weighted by molar-refractivity contribution is 5.89. The van der Waals surface area contributed by atoms with Gasteiger partial charge in [0.1, 0.15) is 6.09 Å². The van der Waals surface area contributed by atoms with Crippen molar-refractivity contribution in [3.63, 3.8) is 0 Å². The number of hydrogen-bond donors (Lipinski definition) is 1. The summed E-state index contributed by atoms with van der Waals surface area (Å²) in [7, 11) is 0. The van der Waals surface area contributed by atoms with Crippen molar-refractivity contribution in [1.29, 1.82) is 0 Å². The van der Waals surface area contributed by atoms with Crippen molar-refractivity contribution in [2.24, 2.45) is 0 Å². The second kappa shape index (κ2) is 5.57. The minimum absolute atomic E-state index is 0.334. The average molecular weight is 235 g/mol. The number of carbonyl (C=O) groups excluding carboxylic acids is 1. The van der Waals surface area contributed by atoms with E-state index in [4.69, 9.17) is 5.73 Å². The van der Waals surface area contributed by atoms with E-state index in [1.165, 1.54) is 5.56 Å². The summed E-state index contributed by atoms with van der Waals surface area (Å²) >= 11 is 0. The maximum atomic E-state index is 11.0. The van der Waals surface area contributed by atoms with Crippen LogP contribution in [0.5, 0.6) is 0 Å². The van der Waals surface area contributed by atoms with Crippen molar-refractivity contribution in [3.8, 4) is 0 Å². The summed E-state index contributed by atoms with van der Waals surface area (Å²) in [5, 5.41) is 11.0. The van der Waals surface area contributed by atoms with Crippen LogP contribution in [-0.2, 0) is 12.8 Å². The zero-order valence-corrected chi connectivity index (χ0v) is 10.6. The SMILES string of the molecule is CCc1cc(N)c(N(CC)C(=O)[O-])cc1CC. The minimum Gasteiger partial charge on any atom is -0.530 e. The lowest BCUT2D eigenvalue weighted by Gasteiger charge is -2.26. The van der Waals surface area contributed by atoms with Crippen LogP contribution >= 0.6 is 0 Å². The number of nitrogens with zero attached hydrogens (tertiary/aromatic N) is 1. The van der Waals surface area contributed by atoms with Gasteiger partial charge in [0.05, 0.1) is 11.4 Å². The molecule has 0 aromatic heterocycles. The smallest absolute Gasteiger partial charge is 0.141 e. The number of carboxylic acid groups (broad SMARTS) is 1. The lowest BCUT2D eigenvalue weighted by atomic mass is 10.0. The van der Waals surface area contributed by atoms with Crippen molar-refractivity contribution in [2.45, 2.75) is 33.6 Å². The van der Waals surface area contributed by atoms with E-state index in [9.17, 15) is 9.90 Å². The fourth-order valence-electron chi connectivity index (χ4n) is 1.99. The number of rotatable bonds is 4. The number of aryl methyl sites for hydroxylation is 2. The van der Waals surface area contributed by atoms with Crippen LogP contribution in [0.25, 0.3) is 0 Å². The van der Waals surface area contributed by atoms with Gasteiger partial charge in [0.2, 0.25) is 0 Å². The summed E-state index contributed by atoms with van der Waals surface area (Å²) in [6.45, 7) is 6.20. The lowest BCUT2D eigenvalue weighted by Crippen LogP contribution is -2.41. The molecule has 2 N–H and O–H groups in total. The van der Waals surface area contributed by atoms with Crippen molar-refractivity contribution in [3.05, 3.63) is 23.3 Å². The Labute approximate surface area is 102 Å². The highest BCUT2D eigenvalue weighted by Gasteiger charge is 2.12. The fourth-order valence-corrected chi connectivity index (χ4v) is 1.99. The van der Waals surface area contributed by atoms with Gasteiger partial charge in [-0.05, 0) is 43.0 Å². The minimum atomic E-state index is -1.22. The van der Waals surface area contributed by atoms with Gasteiger partial charge in [-0.25, -0.2) is 0 Å². The fraction of sp³-hybridized carbons (Fsp3) is 0.462. The van der Waals surface area contributed by atoms with Crippen LogP contribution in [0.1, 0.15) is 31.9 Å². The van der Waals surface area contributed by atoms with Crippen molar-refractivity contribution in [1.82, 2.24) is 0 Å². The Balaban J connectivity index is 3.29. The summed E-state index contributed by atoms with van der Waals surface area (Å²) in [5.74, 6) is 0. The predicted octanol–water partition coefficient (Wildman–Crippen LogP) is 1.56. The third-order valence-electron chi connectivity index (χ3n) is 2.94. The molecule has 0 radical (unpaired) electrons. The molecule has 94 valence electrons. The van der Waals surface area contributed by atoms with Crippen molar-refractivity contribution in [2.75, 3.05) is 17.2 Å². The highest BCUT2D eigenvalue weighted by Crippen LogP contribution is 2.28.